The highest BCUT2D eigenvalue weighted by Crippen LogP contribution is 2.31. The van der Waals surface area contributed by atoms with E-state index in [9.17, 15) is 22.8 Å². The van der Waals surface area contributed by atoms with Crippen molar-refractivity contribution in [3.63, 3.8) is 0 Å². The van der Waals surface area contributed by atoms with Gasteiger partial charge in [-0.2, -0.15) is 13.2 Å². The van der Waals surface area contributed by atoms with Gasteiger partial charge >= 0.3 is 18.1 Å². The SMILES string of the molecule is Cc1ccc2nc(C(F)(F)F)nc(NC(CC(=O)O)C(=O)O)c2c1. The fourth-order valence-corrected chi connectivity index (χ4v) is 2.02. The number of aliphatic carboxylic acids is 2. The van der Waals surface area contributed by atoms with Crippen LogP contribution in [0.1, 0.15) is 17.8 Å². The zero-order valence-electron chi connectivity index (χ0n) is 12.3. The minimum atomic E-state index is -4.83. The number of hydrogen-bond donors (Lipinski definition) is 3. The number of carbonyl (C=O) groups is 2. The summed E-state index contributed by atoms with van der Waals surface area (Å²) in [5.74, 6) is -4.77. The summed E-state index contributed by atoms with van der Waals surface area (Å²) in [4.78, 5) is 28.6. The number of benzene rings is 1. The standard InChI is InChI=1S/C14H12F3N3O4/c1-6-2-3-8-7(4-6)11(20-13(19-8)14(15,16)17)18-9(12(23)24)5-10(21)22/h2-4,9H,5H2,1H3,(H,21,22)(H,23,24)(H,18,19,20). The van der Waals surface area contributed by atoms with Crippen molar-refractivity contribution in [2.24, 2.45) is 0 Å². The van der Waals surface area contributed by atoms with Crippen LogP contribution in [0, 0.1) is 6.92 Å². The predicted molar refractivity (Wildman–Crippen MR) is 76.6 cm³/mol. The Morgan fingerprint density at radius 1 is 1.25 bits per heavy atom. The number of aromatic nitrogens is 2. The van der Waals surface area contributed by atoms with E-state index in [-0.39, 0.29) is 16.7 Å². The third-order valence-corrected chi connectivity index (χ3v) is 3.09. The summed E-state index contributed by atoms with van der Waals surface area (Å²) in [6.45, 7) is 1.69. The fraction of sp³-hybridized carbons (Fsp3) is 0.286. The molecule has 0 saturated heterocycles. The van der Waals surface area contributed by atoms with Gasteiger partial charge in [0.15, 0.2) is 0 Å². The van der Waals surface area contributed by atoms with Crippen LogP contribution in [0.15, 0.2) is 18.2 Å². The topological polar surface area (TPSA) is 112 Å². The summed E-state index contributed by atoms with van der Waals surface area (Å²) < 4.78 is 38.8. The van der Waals surface area contributed by atoms with Gasteiger partial charge in [0.1, 0.15) is 11.9 Å². The van der Waals surface area contributed by atoms with Crippen LogP contribution in [0.3, 0.4) is 0 Å². The van der Waals surface area contributed by atoms with E-state index in [2.05, 4.69) is 15.3 Å². The molecular formula is C14H12F3N3O4. The lowest BCUT2D eigenvalue weighted by Crippen LogP contribution is -2.32. The van der Waals surface area contributed by atoms with Gasteiger partial charge in [-0.3, -0.25) is 4.79 Å². The van der Waals surface area contributed by atoms with Crippen molar-refractivity contribution < 1.29 is 33.0 Å². The lowest BCUT2D eigenvalue weighted by atomic mass is 10.1. The van der Waals surface area contributed by atoms with Gasteiger partial charge < -0.3 is 15.5 Å². The van der Waals surface area contributed by atoms with Gasteiger partial charge in [-0.1, -0.05) is 11.6 Å². The van der Waals surface area contributed by atoms with E-state index in [0.29, 0.717) is 5.56 Å². The molecule has 0 radical (unpaired) electrons. The molecule has 1 heterocycles. The molecule has 2 rings (SSSR count). The van der Waals surface area contributed by atoms with Crippen LogP contribution in [-0.2, 0) is 15.8 Å². The highest BCUT2D eigenvalue weighted by Gasteiger charge is 2.36. The third-order valence-electron chi connectivity index (χ3n) is 3.09. The first-order chi connectivity index (χ1) is 11.1. The monoisotopic (exact) mass is 343 g/mol. The molecule has 0 aliphatic carbocycles. The molecule has 3 N–H and O–H groups in total. The normalized spacial score (nSPS) is 12.8. The van der Waals surface area contributed by atoms with E-state index in [0.717, 1.165) is 0 Å². The Morgan fingerprint density at radius 3 is 2.46 bits per heavy atom. The van der Waals surface area contributed by atoms with Gasteiger partial charge in [-0.25, -0.2) is 14.8 Å². The molecule has 0 saturated carbocycles. The van der Waals surface area contributed by atoms with E-state index in [1.165, 1.54) is 12.1 Å². The molecule has 0 bridgehead atoms. The number of nitrogens with one attached hydrogen (secondary N) is 1. The van der Waals surface area contributed by atoms with Gasteiger partial charge in [0.2, 0.25) is 5.82 Å². The molecule has 1 unspecified atom stereocenters. The number of alkyl halides is 3. The largest absolute Gasteiger partial charge is 0.481 e. The molecule has 10 heteroatoms. The number of halogens is 3. The maximum absolute atomic E-state index is 12.9. The number of fused-ring (bicyclic) bond motifs is 1. The van der Waals surface area contributed by atoms with Gasteiger partial charge in [-0.15, -0.1) is 0 Å². The first kappa shape index (κ1) is 17.4. The summed E-state index contributed by atoms with van der Waals surface area (Å²) in [7, 11) is 0. The Morgan fingerprint density at radius 2 is 1.92 bits per heavy atom. The van der Waals surface area contributed by atoms with Crippen molar-refractivity contribution in [2.45, 2.75) is 25.6 Å². The number of aryl methyl sites for hydroxylation is 1. The third kappa shape index (κ3) is 3.89. The molecule has 0 aliphatic rings. The molecule has 0 aliphatic heterocycles. The summed E-state index contributed by atoms with van der Waals surface area (Å²) in [5, 5.41) is 20.2. The number of carboxylic acids is 2. The zero-order chi connectivity index (χ0) is 18.1. The number of rotatable bonds is 5. The Hall–Kier alpha value is -2.91. The second-order valence-electron chi connectivity index (χ2n) is 5.05. The van der Waals surface area contributed by atoms with E-state index in [1.807, 2.05) is 0 Å². The summed E-state index contributed by atoms with van der Waals surface area (Å²) in [6.07, 6.45) is -5.66. The molecule has 2 aromatic rings. The molecule has 24 heavy (non-hydrogen) atoms. The highest BCUT2D eigenvalue weighted by molar-refractivity contribution is 5.92. The van der Waals surface area contributed by atoms with E-state index in [1.54, 1.807) is 13.0 Å². The summed E-state index contributed by atoms with van der Waals surface area (Å²) in [5.41, 5.74) is 0.656. The van der Waals surface area contributed by atoms with E-state index >= 15 is 0 Å². The van der Waals surface area contributed by atoms with E-state index in [4.69, 9.17) is 10.2 Å². The van der Waals surface area contributed by atoms with Gasteiger partial charge in [0.25, 0.3) is 0 Å². The molecule has 1 aromatic carbocycles. The maximum atomic E-state index is 12.9. The fourth-order valence-electron chi connectivity index (χ4n) is 2.02. The predicted octanol–water partition coefficient (Wildman–Crippen LogP) is 2.30. The Kier molecular flexibility index (Phi) is 4.58. The molecular weight excluding hydrogens is 331 g/mol. The number of hydrogen-bond acceptors (Lipinski definition) is 5. The first-order valence-electron chi connectivity index (χ1n) is 6.64. The quantitative estimate of drug-likeness (QED) is 0.763. The number of nitrogens with zero attached hydrogens (tertiary/aromatic N) is 2. The number of carboxylic acid groups (broad SMARTS) is 2. The van der Waals surface area contributed by atoms with Crippen molar-refractivity contribution in [1.29, 1.82) is 0 Å². The lowest BCUT2D eigenvalue weighted by Gasteiger charge is -2.16. The van der Waals surface area contributed by atoms with E-state index < -0.39 is 36.4 Å². The number of anilines is 1. The minimum Gasteiger partial charge on any atom is -0.481 e. The molecule has 1 aromatic heterocycles. The van der Waals surface area contributed by atoms with Gasteiger partial charge in [0.05, 0.1) is 11.9 Å². The minimum absolute atomic E-state index is 0.0371. The van der Waals surface area contributed by atoms with Crippen molar-refractivity contribution in [3.8, 4) is 0 Å². The molecule has 1 atom stereocenters. The average Bonchev–Trinajstić information content (AvgIpc) is 2.45. The van der Waals surface area contributed by atoms with Crippen molar-refractivity contribution >= 4 is 28.7 Å². The van der Waals surface area contributed by atoms with Crippen LogP contribution in [0.5, 0.6) is 0 Å². The maximum Gasteiger partial charge on any atom is 0.451 e. The van der Waals surface area contributed by atoms with Gasteiger partial charge in [-0.05, 0) is 19.1 Å². The van der Waals surface area contributed by atoms with Crippen LogP contribution < -0.4 is 5.32 Å². The average molecular weight is 343 g/mol. The van der Waals surface area contributed by atoms with Crippen molar-refractivity contribution in [2.75, 3.05) is 5.32 Å². The smallest absolute Gasteiger partial charge is 0.451 e. The second kappa shape index (κ2) is 6.30. The summed E-state index contributed by atoms with van der Waals surface area (Å²) in [6, 6.07) is 2.74. The molecule has 0 fully saturated rings. The first-order valence-corrected chi connectivity index (χ1v) is 6.64. The van der Waals surface area contributed by atoms with Crippen LogP contribution >= 0.6 is 0 Å². The van der Waals surface area contributed by atoms with Crippen LogP contribution in [-0.4, -0.2) is 38.2 Å². The van der Waals surface area contributed by atoms with Crippen LogP contribution in [0.2, 0.25) is 0 Å². The van der Waals surface area contributed by atoms with Crippen LogP contribution in [0.25, 0.3) is 10.9 Å². The van der Waals surface area contributed by atoms with Crippen molar-refractivity contribution in [1.82, 2.24) is 9.97 Å². The molecule has 128 valence electrons. The molecule has 0 amide bonds. The van der Waals surface area contributed by atoms with Crippen LogP contribution in [0.4, 0.5) is 19.0 Å². The summed E-state index contributed by atoms with van der Waals surface area (Å²) >= 11 is 0. The highest BCUT2D eigenvalue weighted by atomic mass is 19.4. The molecule has 0 spiro atoms. The van der Waals surface area contributed by atoms with Crippen molar-refractivity contribution in [3.05, 3.63) is 29.6 Å². The lowest BCUT2D eigenvalue weighted by molar-refractivity contribution is -0.145. The van der Waals surface area contributed by atoms with Gasteiger partial charge in [0, 0.05) is 5.39 Å². The Labute approximate surface area is 133 Å². The zero-order valence-corrected chi connectivity index (χ0v) is 12.3. The second-order valence-corrected chi connectivity index (χ2v) is 5.05. The Balaban J connectivity index is 2.59. The molecule has 7 nitrogen and oxygen atoms in total. The Bertz CT molecular complexity index is 808.